The molecule has 0 bridgehead atoms. The van der Waals surface area contributed by atoms with Gasteiger partial charge in [0, 0.05) is 5.56 Å². The van der Waals surface area contributed by atoms with Gasteiger partial charge in [-0.2, -0.15) is 5.26 Å². The second kappa shape index (κ2) is 9.00. The van der Waals surface area contributed by atoms with Gasteiger partial charge in [0.05, 0.1) is 32.0 Å². The number of methoxy groups -OCH3 is 1. The van der Waals surface area contributed by atoms with Crippen molar-refractivity contribution in [2.75, 3.05) is 7.11 Å². The molecule has 4 nitrogen and oxygen atoms in total. The molecule has 3 aromatic rings. The summed E-state index contributed by atoms with van der Waals surface area (Å²) >= 11 is 0. The smallest absolute Gasteiger partial charge is 0.118 e. The summed E-state index contributed by atoms with van der Waals surface area (Å²) in [5, 5.41) is 19.0. The van der Waals surface area contributed by atoms with Crippen molar-refractivity contribution in [3.8, 4) is 11.8 Å². The Kier molecular flexibility index (Phi) is 6.22. The summed E-state index contributed by atoms with van der Waals surface area (Å²) in [5.74, 6) is 0.761. The maximum Gasteiger partial charge on any atom is 0.118 e. The van der Waals surface area contributed by atoms with Crippen LogP contribution in [0.15, 0.2) is 72.8 Å². The lowest BCUT2D eigenvalue weighted by Gasteiger charge is -2.21. The summed E-state index contributed by atoms with van der Waals surface area (Å²) in [4.78, 5) is 0. The van der Waals surface area contributed by atoms with E-state index in [1.807, 2.05) is 66.7 Å². The molecule has 0 amide bonds. The van der Waals surface area contributed by atoms with E-state index in [0.29, 0.717) is 17.7 Å². The fourth-order valence-electron chi connectivity index (χ4n) is 2.93. The van der Waals surface area contributed by atoms with Crippen LogP contribution < -0.4 is 4.74 Å². The van der Waals surface area contributed by atoms with Gasteiger partial charge in [0.25, 0.3) is 0 Å². The summed E-state index contributed by atoms with van der Waals surface area (Å²) in [5.41, 5.74) is 3.96. The molecule has 1 N–H and O–H groups in total. The number of nitriles is 1. The highest BCUT2D eigenvalue weighted by Crippen LogP contribution is 2.31. The van der Waals surface area contributed by atoms with E-state index in [4.69, 9.17) is 9.47 Å². The molecular formula is C23H21NO3. The highest BCUT2D eigenvalue weighted by Gasteiger charge is 2.19. The van der Waals surface area contributed by atoms with Crippen LogP contribution in [0.1, 0.15) is 33.9 Å². The molecule has 0 saturated heterocycles. The van der Waals surface area contributed by atoms with E-state index < -0.39 is 6.10 Å². The zero-order valence-corrected chi connectivity index (χ0v) is 15.1. The molecule has 1 atom stereocenters. The lowest BCUT2D eigenvalue weighted by atomic mass is 9.95. The fraction of sp³-hybridized carbons (Fsp3) is 0.174. The van der Waals surface area contributed by atoms with Gasteiger partial charge in [-0.15, -0.1) is 0 Å². The summed E-state index contributed by atoms with van der Waals surface area (Å²) in [7, 11) is 1.62. The number of hydrogen-bond acceptors (Lipinski definition) is 4. The molecule has 0 fully saturated rings. The quantitative estimate of drug-likeness (QED) is 0.681. The highest BCUT2D eigenvalue weighted by molar-refractivity contribution is 5.45. The van der Waals surface area contributed by atoms with E-state index in [1.165, 1.54) is 0 Å². The summed E-state index contributed by atoms with van der Waals surface area (Å²) in [6, 6.07) is 25.2. The second-order valence-corrected chi connectivity index (χ2v) is 6.14. The van der Waals surface area contributed by atoms with Gasteiger partial charge in [-0.05, 0) is 34.9 Å². The number of benzene rings is 3. The van der Waals surface area contributed by atoms with Crippen LogP contribution >= 0.6 is 0 Å². The normalized spacial score (nSPS) is 11.6. The minimum absolute atomic E-state index is 0.104. The first-order chi connectivity index (χ1) is 13.2. The van der Waals surface area contributed by atoms with E-state index >= 15 is 0 Å². The van der Waals surface area contributed by atoms with Gasteiger partial charge < -0.3 is 14.6 Å². The molecule has 3 aromatic carbocycles. The fourth-order valence-corrected chi connectivity index (χ4v) is 2.93. The molecule has 0 saturated carbocycles. The maximum absolute atomic E-state index is 9.59. The summed E-state index contributed by atoms with van der Waals surface area (Å²) < 4.78 is 11.5. The van der Waals surface area contributed by atoms with Crippen molar-refractivity contribution in [1.29, 1.82) is 5.26 Å². The van der Waals surface area contributed by atoms with Crippen molar-refractivity contribution in [2.45, 2.75) is 19.3 Å². The zero-order valence-electron chi connectivity index (χ0n) is 15.1. The third kappa shape index (κ3) is 4.53. The van der Waals surface area contributed by atoms with Crippen LogP contribution in [-0.2, 0) is 18.0 Å². The van der Waals surface area contributed by atoms with Gasteiger partial charge in [-0.1, -0.05) is 54.6 Å². The van der Waals surface area contributed by atoms with Gasteiger partial charge in [0.2, 0.25) is 0 Å². The number of hydrogen-bond donors (Lipinski definition) is 1. The molecule has 0 aliphatic rings. The van der Waals surface area contributed by atoms with Gasteiger partial charge in [0.1, 0.15) is 11.9 Å². The molecule has 3 rings (SSSR count). The summed E-state index contributed by atoms with van der Waals surface area (Å²) in [6.45, 7) is 0.317. The number of rotatable bonds is 7. The van der Waals surface area contributed by atoms with E-state index in [1.54, 1.807) is 13.2 Å². The number of aliphatic hydroxyl groups is 1. The van der Waals surface area contributed by atoms with E-state index in [2.05, 4.69) is 6.07 Å². The maximum atomic E-state index is 9.59. The van der Waals surface area contributed by atoms with Crippen molar-refractivity contribution in [3.63, 3.8) is 0 Å². The van der Waals surface area contributed by atoms with Crippen LogP contribution in [0, 0.1) is 11.3 Å². The second-order valence-electron chi connectivity index (χ2n) is 6.14. The van der Waals surface area contributed by atoms with Crippen molar-refractivity contribution < 1.29 is 14.6 Å². The van der Waals surface area contributed by atoms with Crippen LogP contribution in [0.25, 0.3) is 0 Å². The van der Waals surface area contributed by atoms with Gasteiger partial charge >= 0.3 is 0 Å². The van der Waals surface area contributed by atoms with Crippen LogP contribution in [0.3, 0.4) is 0 Å². The van der Waals surface area contributed by atoms with Crippen molar-refractivity contribution in [1.82, 2.24) is 0 Å². The molecular weight excluding hydrogens is 338 g/mol. The molecule has 0 spiro atoms. The minimum atomic E-state index is -0.404. The Hall–Kier alpha value is -3.13. The first-order valence-electron chi connectivity index (χ1n) is 8.68. The lowest BCUT2D eigenvalue weighted by molar-refractivity contribution is 0.0665. The van der Waals surface area contributed by atoms with Crippen molar-refractivity contribution >= 4 is 0 Å². The minimum Gasteiger partial charge on any atom is -0.497 e. The Balaban J connectivity index is 1.97. The monoisotopic (exact) mass is 359 g/mol. The Labute approximate surface area is 159 Å². The lowest BCUT2D eigenvalue weighted by Crippen LogP contribution is -2.09. The van der Waals surface area contributed by atoms with Crippen LogP contribution in [0.2, 0.25) is 0 Å². The average molecular weight is 359 g/mol. The Morgan fingerprint density at radius 2 is 1.70 bits per heavy atom. The van der Waals surface area contributed by atoms with Gasteiger partial charge in [-0.3, -0.25) is 0 Å². The van der Waals surface area contributed by atoms with Crippen LogP contribution in [-0.4, -0.2) is 12.2 Å². The number of aliphatic hydroxyl groups excluding tert-OH is 1. The third-order valence-corrected chi connectivity index (χ3v) is 4.38. The topological polar surface area (TPSA) is 62.5 Å². The Morgan fingerprint density at radius 3 is 2.33 bits per heavy atom. The summed E-state index contributed by atoms with van der Waals surface area (Å²) in [6.07, 6.45) is -0.404. The Bertz CT molecular complexity index is 915. The van der Waals surface area contributed by atoms with Gasteiger partial charge in [-0.25, -0.2) is 0 Å². The zero-order chi connectivity index (χ0) is 19.1. The standard InChI is InChI=1S/C23H21NO3/c1-26-21-10-8-19(9-11-21)23(27-16-17-5-3-2-4-6-17)22-12-7-18(15-25)13-20(22)14-24/h2-13,23,25H,15-16H2,1H3. The molecule has 0 aliphatic heterocycles. The van der Waals surface area contributed by atoms with E-state index in [0.717, 1.165) is 22.4 Å². The van der Waals surface area contributed by atoms with Gasteiger partial charge in [0.15, 0.2) is 0 Å². The first kappa shape index (κ1) is 18.7. The largest absolute Gasteiger partial charge is 0.497 e. The van der Waals surface area contributed by atoms with Crippen molar-refractivity contribution in [2.24, 2.45) is 0 Å². The molecule has 0 heterocycles. The predicted molar refractivity (Wildman–Crippen MR) is 103 cm³/mol. The first-order valence-corrected chi connectivity index (χ1v) is 8.68. The molecule has 0 radical (unpaired) electrons. The third-order valence-electron chi connectivity index (χ3n) is 4.38. The molecule has 27 heavy (non-hydrogen) atoms. The SMILES string of the molecule is COc1ccc(C(OCc2ccccc2)c2ccc(CO)cc2C#N)cc1. The van der Waals surface area contributed by atoms with E-state index in [-0.39, 0.29) is 6.61 Å². The molecule has 4 heteroatoms. The highest BCUT2D eigenvalue weighted by atomic mass is 16.5. The molecule has 0 aromatic heterocycles. The predicted octanol–water partition coefficient (Wildman–Crippen LogP) is 4.37. The average Bonchev–Trinajstić information content (AvgIpc) is 2.75. The molecule has 0 aliphatic carbocycles. The van der Waals surface area contributed by atoms with Crippen molar-refractivity contribution in [3.05, 3.63) is 101 Å². The number of ether oxygens (including phenoxy) is 2. The molecule has 136 valence electrons. The van der Waals surface area contributed by atoms with Crippen LogP contribution in [0.5, 0.6) is 5.75 Å². The number of nitrogens with zero attached hydrogens (tertiary/aromatic N) is 1. The Morgan fingerprint density at radius 1 is 0.963 bits per heavy atom. The van der Waals surface area contributed by atoms with E-state index in [9.17, 15) is 10.4 Å². The van der Waals surface area contributed by atoms with Crippen LogP contribution in [0.4, 0.5) is 0 Å². The molecule has 1 unspecified atom stereocenters.